The monoisotopic (exact) mass is 743 g/mol. The Kier molecular flexibility index (Phi) is 7.73. The Labute approximate surface area is 342 Å². The summed E-state index contributed by atoms with van der Waals surface area (Å²) in [6.45, 7) is 0. The number of nitrogens with zero attached hydrogens (tertiary/aromatic N) is 1. The molecule has 1 heteroatoms. The first-order valence-electron chi connectivity index (χ1n) is 21.4. The van der Waals surface area contributed by atoms with Gasteiger partial charge >= 0.3 is 0 Å². The normalized spacial score (nSPS) is 15.2. The van der Waals surface area contributed by atoms with E-state index in [1.165, 1.54) is 132 Å². The van der Waals surface area contributed by atoms with Gasteiger partial charge in [0.2, 0.25) is 0 Å². The molecule has 0 aliphatic heterocycles. The van der Waals surface area contributed by atoms with E-state index in [2.05, 4.69) is 181 Å². The van der Waals surface area contributed by atoms with Crippen LogP contribution in [0.5, 0.6) is 0 Å². The highest BCUT2D eigenvalue weighted by atomic mass is 15.1. The molecule has 8 aromatic carbocycles. The molecule has 0 amide bonds. The van der Waals surface area contributed by atoms with Crippen LogP contribution >= 0.6 is 0 Å². The maximum absolute atomic E-state index is 2.65. The summed E-state index contributed by atoms with van der Waals surface area (Å²) in [6, 6.07) is 67.3. The zero-order valence-corrected chi connectivity index (χ0v) is 32.8. The average molecular weight is 744 g/mol. The van der Waals surface area contributed by atoms with Gasteiger partial charge in [0, 0.05) is 16.9 Å². The van der Waals surface area contributed by atoms with Crippen molar-refractivity contribution in [3.8, 4) is 44.5 Å². The fourth-order valence-electron chi connectivity index (χ4n) is 11.4. The zero-order valence-electron chi connectivity index (χ0n) is 32.8. The lowest BCUT2D eigenvalue weighted by molar-refractivity contribution is 0.685. The number of rotatable bonds is 5. The molecule has 58 heavy (non-hydrogen) atoms. The Balaban J connectivity index is 1.20. The van der Waals surface area contributed by atoms with Crippen molar-refractivity contribution in [1.82, 2.24) is 0 Å². The summed E-state index contributed by atoms with van der Waals surface area (Å²) < 4.78 is 0. The van der Waals surface area contributed by atoms with Crippen LogP contribution in [0.4, 0.5) is 17.1 Å². The topological polar surface area (TPSA) is 3.24 Å². The Morgan fingerprint density at radius 3 is 1.52 bits per heavy atom. The van der Waals surface area contributed by atoms with Crippen LogP contribution in [0.1, 0.15) is 70.2 Å². The Hall–Kier alpha value is -6.44. The zero-order chi connectivity index (χ0) is 38.2. The largest absolute Gasteiger partial charge is 0.310 e. The van der Waals surface area contributed by atoms with E-state index in [0.717, 1.165) is 25.7 Å². The minimum atomic E-state index is -0.429. The van der Waals surface area contributed by atoms with Crippen molar-refractivity contribution < 1.29 is 0 Å². The summed E-state index contributed by atoms with van der Waals surface area (Å²) in [7, 11) is 0. The van der Waals surface area contributed by atoms with Crippen molar-refractivity contribution in [2.24, 2.45) is 0 Å². The summed E-state index contributed by atoms with van der Waals surface area (Å²) in [4.78, 5) is 2.65. The fourth-order valence-corrected chi connectivity index (χ4v) is 11.4. The summed E-state index contributed by atoms with van der Waals surface area (Å²) >= 11 is 0. The average Bonchev–Trinajstić information content (AvgIpc) is 3.76. The number of benzene rings is 8. The fraction of sp³-hybridized carbons (Fsp3) is 0.158. The Bertz CT molecular complexity index is 2850. The van der Waals surface area contributed by atoms with Gasteiger partial charge in [-0.3, -0.25) is 0 Å². The van der Waals surface area contributed by atoms with Gasteiger partial charge in [0.05, 0.1) is 11.1 Å². The van der Waals surface area contributed by atoms with Gasteiger partial charge in [0.15, 0.2) is 0 Å². The number of hydrogen-bond donors (Lipinski definition) is 0. The van der Waals surface area contributed by atoms with Crippen molar-refractivity contribution in [2.45, 2.75) is 56.8 Å². The van der Waals surface area contributed by atoms with Crippen LogP contribution in [-0.2, 0) is 31.1 Å². The summed E-state index contributed by atoms with van der Waals surface area (Å²) in [5, 5.41) is 0. The number of aryl methyl sites for hydroxylation is 2. The predicted octanol–water partition coefficient (Wildman–Crippen LogP) is 14.6. The third kappa shape index (κ3) is 4.89. The molecule has 4 aliphatic rings. The lowest BCUT2D eigenvalue weighted by atomic mass is 9.70. The third-order valence-corrected chi connectivity index (χ3v) is 13.9. The van der Waals surface area contributed by atoms with Crippen LogP contribution in [0.15, 0.2) is 176 Å². The van der Waals surface area contributed by atoms with E-state index in [0.29, 0.717) is 0 Å². The molecule has 0 saturated carbocycles. The summed E-state index contributed by atoms with van der Waals surface area (Å²) in [5.41, 5.74) is 25.5. The van der Waals surface area contributed by atoms with Gasteiger partial charge in [-0.15, -0.1) is 0 Å². The van der Waals surface area contributed by atoms with Gasteiger partial charge in [-0.1, -0.05) is 146 Å². The van der Waals surface area contributed by atoms with E-state index in [9.17, 15) is 0 Å². The molecular formula is C57H45N. The van der Waals surface area contributed by atoms with Crippen LogP contribution in [-0.4, -0.2) is 0 Å². The molecule has 1 nitrogen and oxygen atoms in total. The van der Waals surface area contributed by atoms with E-state index in [-0.39, 0.29) is 0 Å². The molecule has 0 radical (unpaired) electrons. The molecule has 0 fully saturated rings. The summed E-state index contributed by atoms with van der Waals surface area (Å²) in [5.74, 6) is 0. The van der Waals surface area contributed by atoms with Gasteiger partial charge in [-0.2, -0.15) is 0 Å². The molecule has 0 atom stereocenters. The van der Waals surface area contributed by atoms with Crippen molar-refractivity contribution >= 4 is 17.1 Å². The van der Waals surface area contributed by atoms with E-state index in [1.807, 2.05) is 0 Å². The molecule has 1 spiro atoms. The maximum Gasteiger partial charge on any atom is 0.0726 e. The minimum Gasteiger partial charge on any atom is -0.310 e. The molecule has 0 unspecified atom stereocenters. The highest BCUT2D eigenvalue weighted by Crippen LogP contribution is 2.64. The molecular weight excluding hydrogens is 699 g/mol. The Morgan fingerprint density at radius 2 is 0.845 bits per heavy atom. The van der Waals surface area contributed by atoms with Gasteiger partial charge in [-0.25, -0.2) is 0 Å². The third-order valence-electron chi connectivity index (χ3n) is 13.9. The second-order valence-corrected chi connectivity index (χ2v) is 16.8. The first kappa shape index (κ1) is 33.7. The van der Waals surface area contributed by atoms with Gasteiger partial charge in [0.1, 0.15) is 0 Å². The van der Waals surface area contributed by atoms with E-state index in [4.69, 9.17) is 0 Å². The molecule has 8 aromatic rings. The molecule has 278 valence electrons. The van der Waals surface area contributed by atoms with E-state index < -0.39 is 5.41 Å². The van der Waals surface area contributed by atoms with Crippen molar-refractivity contribution in [3.63, 3.8) is 0 Å². The van der Waals surface area contributed by atoms with Crippen LogP contribution < -0.4 is 4.90 Å². The summed E-state index contributed by atoms with van der Waals surface area (Å²) in [6.07, 6.45) is 9.48. The molecule has 0 saturated heterocycles. The van der Waals surface area contributed by atoms with Crippen LogP contribution in [0, 0.1) is 0 Å². The van der Waals surface area contributed by atoms with Gasteiger partial charge in [0.25, 0.3) is 0 Å². The number of fused-ring (bicyclic) bond motifs is 12. The second-order valence-electron chi connectivity index (χ2n) is 16.8. The predicted molar refractivity (Wildman–Crippen MR) is 242 cm³/mol. The van der Waals surface area contributed by atoms with E-state index in [1.54, 1.807) is 0 Å². The van der Waals surface area contributed by atoms with Crippen molar-refractivity contribution in [1.29, 1.82) is 0 Å². The molecule has 0 heterocycles. The SMILES string of the molecule is c1ccc(-c2ccc(N(c3cc4c(cc3-c3cccc5c3CCCC5)-c3ccccc3C43c4ccccc4-c4ccccc43)c3cccc4c3CCCC4)cc2)cc1. The smallest absolute Gasteiger partial charge is 0.0726 e. The molecule has 4 aliphatic carbocycles. The quantitative estimate of drug-likeness (QED) is 0.170. The highest BCUT2D eigenvalue weighted by Gasteiger charge is 2.52. The first-order chi connectivity index (χ1) is 28.8. The maximum atomic E-state index is 2.65. The molecule has 0 bridgehead atoms. The standard InChI is InChI=1S/C57H45N/c1-2-16-38(17-3-1)39-32-34-42(35-33-39)58(55-31-15-21-41-19-5-7-23-44(41)55)56-37-54-49(36-50(56)45-27-14-20-40-18-4-6-22-43(40)45)48-26-10-13-30-53(48)57(54)51-28-11-8-24-46(51)47-25-9-12-29-52(47)57/h1-3,8-17,20-21,24-37H,4-7,18-19,22-23H2. The highest BCUT2D eigenvalue weighted by molar-refractivity contribution is 6.00. The first-order valence-corrected chi connectivity index (χ1v) is 21.4. The minimum absolute atomic E-state index is 0.429. The number of anilines is 3. The van der Waals surface area contributed by atoms with Gasteiger partial charge < -0.3 is 4.90 Å². The van der Waals surface area contributed by atoms with Crippen molar-refractivity contribution in [2.75, 3.05) is 4.90 Å². The van der Waals surface area contributed by atoms with Crippen LogP contribution in [0.3, 0.4) is 0 Å². The lowest BCUT2D eigenvalue weighted by Crippen LogP contribution is -2.26. The van der Waals surface area contributed by atoms with Gasteiger partial charge in [-0.05, 0) is 165 Å². The Morgan fingerprint density at radius 1 is 0.328 bits per heavy atom. The van der Waals surface area contributed by atoms with Crippen molar-refractivity contribution in [3.05, 3.63) is 220 Å². The van der Waals surface area contributed by atoms with Crippen LogP contribution in [0.25, 0.3) is 44.5 Å². The molecule has 12 rings (SSSR count). The molecule has 0 aromatic heterocycles. The second kappa shape index (κ2) is 13.3. The lowest BCUT2D eigenvalue weighted by Gasteiger charge is -2.35. The van der Waals surface area contributed by atoms with E-state index >= 15 is 0 Å². The molecule has 0 N–H and O–H groups in total. The number of hydrogen-bond acceptors (Lipinski definition) is 1. The van der Waals surface area contributed by atoms with Crippen LogP contribution in [0.2, 0.25) is 0 Å².